The maximum atomic E-state index is 12.6. The second-order valence-corrected chi connectivity index (χ2v) is 7.42. The maximum absolute atomic E-state index is 12.6. The van der Waals surface area contributed by atoms with Crippen molar-refractivity contribution in [2.24, 2.45) is 5.73 Å². The van der Waals surface area contributed by atoms with E-state index in [0.717, 1.165) is 12.0 Å². The van der Waals surface area contributed by atoms with Crippen LogP contribution in [0.4, 0.5) is 21.9 Å². The van der Waals surface area contributed by atoms with Gasteiger partial charge in [-0.3, -0.25) is 19.7 Å². The molecule has 0 saturated carbocycles. The first-order valence-corrected chi connectivity index (χ1v) is 10.1. The molecule has 0 atom stereocenters. The van der Waals surface area contributed by atoms with E-state index in [-0.39, 0.29) is 17.4 Å². The van der Waals surface area contributed by atoms with E-state index in [9.17, 15) is 24.5 Å². The molecule has 1 aliphatic heterocycles. The second-order valence-electron chi connectivity index (χ2n) is 7.42. The number of nitrogens with one attached hydrogen (secondary N) is 1. The van der Waals surface area contributed by atoms with Crippen LogP contribution in [-0.2, 0) is 11.2 Å². The molecule has 1 heterocycles. The average molecular weight is 424 g/mol. The fourth-order valence-corrected chi connectivity index (χ4v) is 3.64. The molecule has 0 aromatic heterocycles. The molecule has 31 heavy (non-hydrogen) atoms. The molecule has 2 aromatic rings. The lowest BCUT2D eigenvalue weighted by Crippen LogP contribution is -2.28. The topological polar surface area (TPSA) is 136 Å². The number of nitrogens with two attached hydrogens (primary N) is 1. The Morgan fingerprint density at radius 3 is 2.42 bits per heavy atom. The number of rotatable bonds is 9. The molecule has 2 aromatic carbocycles. The van der Waals surface area contributed by atoms with Crippen LogP contribution in [0.25, 0.3) is 0 Å². The highest BCUT2D eigenvalue weighted by Gasteiger charge is 2.26. The minimum Gasteiger partial charge on any atom is -0.351 e. The number of hydrogen-bond donors (Lipinski definition) is 2. The van der Waals surface area contributed by atoms with E-state index in [1.54, 1.807) is 35.2 Å². The second kappa shape index (κ2) is 9.84. The summed E-state index contributed by atoms with van der Waals surface area (Å²) in [5, 5.41) is 13.4. The fourth-order valence-electron chi connectivity index (χ4n) is 3.64. The zero-order chi connectivity index (χ0) is 22.4. The standard InChI is InChI=1S/C22H24N4O5/c23-22(29)24-17-9-6-16(7-10-17)20(27)4-2-1-3-5-21(28)25-13-12-15-8-11-18(26(30)31)14-19(15)25/h6-11,14H,1-5,12-13H2,(H3,23,24,29). The van der Waals surface area contributed by atoms with E-state index in [2.05, 4.69) is 5.32 Å². The van der Waals surface area contributed by atoms with Gasteiger partial charge in [-0.05, 0) is 49.1 Å². The van der Waals surface area contributed by atoms with Gasteiger partial charge >= 0.3 is 6.03 Å². The average Bonchev–Trinajstić information content (AvgIpc) is 3.16. The number of amides is 3. The number of primary amides is 1. The van der Waals surface area contributed by atoms with Crippen LogP contribution >= 0.6 is 0 Å². The Bertz CT molecular complexity index is 1000. The van der Waals surface area contributed by atoms with E-state index in [0.29, 0.717) is 55.6 Å². The molecule has 0 spiro atoms. The van der Waals surface area contributed by atoms with Gasteiger partial charge in [0.15, 0.2) is 5.78 Å². The predicted molar refractivity (Wildman–Crippen MR) is 116 cm³/mol. The van der Waals surface area contributed by atoms with Crippen molar-refractivity contribution in [2.45, 2.75) is 38.5 Å². The van der Waals surface area contributed by atoms with E-state index in [1.807, 2.05) is 0 Å². The number of carbonyl (C=O) groups is 3. The summed E-state index contributed by atoms with van der Waals surface area (Å²) in [6, 6.07) is 10.5. The number of nitrogens with zero attached hydrogens (tertiary/aromatic N) is 2. The van der Waals surface area contributed by atoms with Crippen LogP contribution in [0, 0.1) is 10.1 Å². The summed E-state index contributed by atoms with van der Waals surface area (Å²) >= 11 is 0. The molecule has 1 aliphatic rings. The largest absolute Gasteiger partial charge is 0.351 e. The molecule has 3 N–H and O–H groups in total. The van der Waals surface area contributed by atoms with Crippen LogP contribution in [0.2, 0.25) is 0 Å². The molecule has 3 rings (SSSR count). The molecule has 9 heteroatoms. The third-order valence-corrected chi connectivity index (χ3v) is 5.25. The summed E-state index contributed by atoms with van der Waals surface area (Å²) in [5.41, 5.74) is 7.69. The summed E-state index contributed by atoms with van der Waals surface area (Å²) in [7, 11) is 0. The van der Waals surface area contributed by atoms with Gasteiger partial charge in [0.2, 0.25) is 5.91 Å². The van der Waals surface area contributed by atoms with Gasteiger partial charge in [0.1, 0.15) is 0 Å². The molecule has 0 unspecified atom stereocenters. The number of Topliss-reactive ketones (excluding diaryl/α,β-unsaturated/α-hetero) is 1. The van der Waals surface area contributed by atoms with Crippen molar-refractivity contribution in [1.29, 1.82) is 0 Å². The number of nitro benzene ring substituents is 1. The highest BCUT2D eigenvalue weighted by molar-refractivity contribution is 5.97. The van der Waals surface area contributed by atoms with Crippen molar-refractivity contribution in [3.63, 3.8) is 0 Å². The monoisotopic (exact) mass is 424 g/mol. The SMILES string of the molecule is NC(=O)Nc1ccc(C(=O)CCCCCC(=O)N2CCc3ccc([N+](=O)[O-])cc32)cc1. The number of non-ortho nitro benzene ring substituents is 1. The van der Waals surface area contributed by atoms with Crippen LogP contribution in [0.15, 0.2) is 42.5 Å². The molecule has 0 saturated heterocycles. The third-order valence-electron chi connectivity index (χ3n) is 5.25. The van der Waals surface area contributed by atoms with Crippen LogP contribution in [0.3, 0.4) is 0 Å². The van der Waals surface area contributed by atoms with Gasteiger partial charge in [-0.25, -0.2) is 4.79 Å². The lowest BCUT2D eigenvalue weighted by atomic mass is 10.0. The molecular weight excluding hydrogens is 400 g/mol. The predicted octanol–water partition coefficient (Wildman–Crippen LogP) is 3.81. The number of ketones is 1. The fraction of sp³-hybridized carbons (Fsp3) is 0.318. The van der Waals surface area contributed by atoms with E-state index < -0.39 is 11.0 Å². The third kappa shape index (κ3) is 5.65. The smallest absolute Gasteiger partial charge is 0.316 e. The number of unbranched alkanes of at least 4 members (excludes halogenated alkanes) is 2. The molecule has 9 nitrogen and oxygen atoms in total. The Hall–Kier alpha value is -3.75. The van der Waals surface area contributed by atoms with Gasteiger partial charge in [-0.1, -0.05) is 12.5 Å². The van der Waals surface area contributed by atoms with Gasteiger partial charge in [0, 0.05) is 42.8 Å². The summed E-state index contributed by atoms with van der Waals surface area (Å²) in [5.74, 6) is -0.0548. The van der Waals surface area contributed by atoms with Gasteiger partial charge in [-0.15, -0.1) is 0 Å². The van der Waals surface area contributed by atoms with Gasteiger partial charge in [0.05, 0.1) is 10.6 Å². The molecule has 0 fully saturated rings. The Morgan fingerprint density at radius 2 is 1.74 bits per heavy atom. The lowest BCUT2D eigenvalue weighted by molar-refractivity contribution is -0.384. The van der Waals surface area contributed by atoms with Crippen molar-refractivity contribution in [2.75, 3.05) is 16.8 Å². The van der Waals surface area contributed by atoms with Crippen LogP contribution in [0.5, 0.6) is 0 Å². The van der Waals surface area contributed by atoms with E-state index in [1.165, 1.54) is 12.1 Å². The van der Waals surface area contributed by atoms with Crippen molar-refractivity contribution in [1.82, 2.24) is 0 Å². The zero-order valence-corrected chi connectivity index (χ0v) is 17.0. The Labute approximate surface area is 179 Å². The van der Waals surface area contributed by atoms with Crippen molar-refractivity contribution in [3.05, 3.63) is 63.7 Å². The summed E-state index contributed by atoms with van der Waals surface area (Å²) < 4.78 is 0. The number of urea groups is 1. The van der Waals surface area contributed by atoms with Gasteiger partial charge in [0.25, 0.3) is 5.69 Å². The van der Waals surface area contributed by atoms with Crippen molar-refractivity contribution < 1.29 is 19.3 Å². The van der Waals surface area contributed by atoms with Crippen LogP contribution < -0.4 is 16.0 Å². The van der Waals surface area contributed by atoms with E-state index >= 15 is 0 Å². The first-order chi connectivity index (χ1) is 14.8. The molecule has 162 valence electrons. The number of anilines is 2. The molecule has 0 radical (unpaired) electrons. The number of hydrogen-bond acceptors (Lipinski definition) is 5. The quantitative estimate of drug-likeness (QED) is 0.273. The number of fused-ring (bicyclic) bond motifs is 1. The highest BCUT2D eigenvalue weighted by Crippen LogP contribution is 2.32. The minimum absolute atomic E-state index is 0.00210. The Morgan fingerprint density at radius 1 is 1.03 bits per heavy atom. The molecule has 0 aliphatic carbocycles. The first-order valence-electron chi connectivity index (χ1n) is 10.1. The maximum Gasteiger partial charge on any atom is 0.316 e. The highest BCUT2D eigenvalue weighted by atomic mass is 16.6. The summed E-state index contributed by atoms with van der Waals surface area (Å²) in [6.07, 6.45) is 3.44. The van der Waals surface area contributed by atoms with Crippen LogP contribution in [0.1, 0.15) is 48.0 Å². The first kappa shape index (κ1) is 21.9. The van der Waals surface area contributed by atoms with Crippen LogP contribution in [-0.4, -0.2) is 29.2 Å². The number of carbonyl (C=O) groups excluding carboxylic acids is 3. The van der Waals surface area contributed by atoms with E-state index in [4.69, 9.17) is 5.73 Å². The molecule has 3 amide bonds. The summed E-state index contributed by atoms with van der Waals surface area (Å²) in [4.78, 5) is 47.8. The Balaban J connectivity index is 1.42. The van der Waals surface area contributed by atoms with Gasteiger partial charge in [-0.2, -0.15) is 0 Å². The number of benzene rings is 2. The van der Waals surface area contributed by atoms with Gasteiger partial charge < -0.3 is 16.0 Å². The molecular formula is C22H24N4O5. The molecule has 0 bridgehead atoms. The normalized spacial score (nSPS) is 12.3. The minimum atomic E-state index is -0.663. The Kier molecular flexibility index (Phi) is 6.96. The number of nitro groups is 1. The summed E-state index contributed by atoms with van der Waals surface area (Å²) in [6.45, 7) is 0.536. The van der Waals surface area contributed by atoms with Crippen molar-refractivity contribution in [3.8, 4) is 0 Å². The lowest BCUT2D eigenvalue weighted by Gasteiger charge is -2.17. The van der Waals surface area contributed by atoms with Crippen molar-refractivity contribution >= 4 is 34.8 Å². The zero-order valence-electron chi connectivity index (χ0n) is 17.0.